The summed E-state index contributed by atoms with van der Waals surface area (Å²) in [6, 6.07) is 65.5. The van der Waals surface area contributed by atoms with Crippen LogP contribution in [0.3, 0.4) is 0 Å². The van der Waals surface area contributed by atoms with E-state index >= 15 is 0 Å². The van der Waals surface area contributed by atoms with Gasteiger partial charge in [-0.15, -0.1) is 0 Å². The van der Waals surface area contributed by atoms with Crippen LogP contribution in [0.2, 0.25) is 0 Å². The van der Waals surface area contributed by atoms with Crippen LogP contribution in [0.5, 0.6) is 0 Å². The van der Waals surface area contributed by atoms with Gasteiger partial charge in [-0.25, -0.2) is 0 Å². The van der Waals surface area contributed by atoms with E-state index in [2.05, 4.69) is 185 Å². The molecule has 3 heterocycles. The van der Waals surface area contributed by atoms with Crippen molar-refractivity contribution in [2.45, 2.75) is 0 Å². The zero-order valence-corrected chi connectivity index (χ0v) is 27.6. The molecule has 0 saturated carbocycles. The SMILES string of the molecule is c1ccc(-c2cc3c4ccccc4n(-c4ccccc4)c3cc2-c2ccc3c4ccccc4n(-c4cccc5c4oc4ccccc45)c3c2)cc1. The van der Waals surface area contributed by atoms with E-state index in [9.17, 15) is 0 Å². The normalized spacial score (nSPS) is 11.9. The van der Waals surface area contributed by atoms with Gasteiger partial charge in [0.25, 0.3) is 0 Å². The number of nitrogens with zero attached hydrogens (tertiary/aromatic N) is 2. The van der Waals surface area contributed by atoms with E-state index in [-0.39, 0.29) is 0 Å². The molecule has 0 saturated heterocycles. The third-order valence-electron chi connectivity index (χ3n) is 10.5. The van der Waals surface area contributed by atoms with Gasteiger partial charge in [-0.2, -0.15) is 0 Å². The van der Waals surface area contributed by atoms with E-state index in [0.717, 1.165) is 49.9 Å². The molecular weight excluding hydrogens is 621 g/mol. The Balaban J connectivity index is 1.24. The summed E-state index contributed by atoms with van der Waals surface area (Å²) in [5.41, 5.74) is 13.4. The number of para-hydroxylation sites is 5. The Morgan fingerprint density at radius 3 is 1.73 bits per heavy atom. The fourth-order valence-electron chi connectivity index (χ4n) is 8.27. The van der Waals surface area contributed by atoms with E-state index in [1.165, 1.54) is 49.3 Å². The second-order valence-electron chi connectivity index (χ2n) is 13.3. The highest BCUT2D eigenvalue weighted by Crippen LogP contribution is 2.43. The molecule has 3 aromatic heterocycles. The maximum Gasteiger partial charge on any atom is 0.159 e. The van der Waals surface area contributed by atoms with E-state index in [4.69, 9.17) is 4.42 Å². The van der Waals surface area contributed by atoms with E-state index < -0.39 is 0 Å². The summed E-state index contributed by atoms with van der Waals surface area (Å²) < 4.78 is 11.4. The van der Waals surface area contributed by atoms with Gasteiger partial charge in [0, 0.05) is 38.0 Å². The molecule has 0 aliphatic heterocycles. The number of rotatable bonds is 4. The monoisotopic (exact) mass is 650 g/mol. The summed E-state index contributed by atoms with van der Waals surface area (Å²) in [4.78, 5) is 0. The van der Waals surface area contributed by atoms with E-state index in [1.807, 2.05) is 6.07 Å². The summed E-state index contributed by atoms with van der Waals surface area (Å²) in [5, 5.41) is 7.16. The zero-order valence-electron chi connectivity index (χ0n) is 27.6. The van der Waals surface area contributed by atoms with Crippen LogP contribution in [-0.2, 0) is 0 Å². The lowest BCUT2D eigenvalue weighted by Gasteiger charge is -2.15. The second-order valence-corrected chi connectivity index (χ2v) is 13.3. The molecule has 0 amide bonds. The molecule has 3 nitrogen and oxygen atoms in total. The second kappa shape index (κ2) is 10.8. The molecule has 0 unspecified atom stereocenters. The Kier molecular flexibility index (Phi) is 5.96. The van der Waals surface area contributed by atoms with Gasteiger partial charge in [0.2, 0.25) is 0 Å². The van der Waals surface area contributed by atoms with Crippen molar-refractivity contribution >= 4 is 65.6 Å². The van der Waals surface area contributed by atoms with Gasteiger partial charge in [0.05, 0.1) is 27.8 Å². The Morgan fingerprint density at radius 2 is 0.922 bits per heavy atom. The van der Waals surface area contributed by atoms with Crippen LogP contribution < -0.4 is 0 Å². The number of hydrogen-bond donors (Lipinski definition) is 0. The predicted molar refractivity (Wildman–Crippen MR) is 213 cm³/mol. The van der Waals surface area contributed by atoms with Gasteiger partial charge in [-0.3, -0.25) is 0 Å². The third kappa shape index (κ3) is 4.12. The molecule has 0 fully saturated rings. The predicted octanol–water partition coefficient (Wildman–Crippen LogP) is 13.1. The lowest BCUT2D eigenvalue weighted by molar-refractivity contribution is 0.666. The van der Waals surface area contributed by atoms with Gasteiger partial charge in [-0.05, 0) is 76.9 Å². The standard InChI is InChI=1S/C48H30N2O/c1-3-14-31(15-4-1)39-29-41-35-19-8-10-22-42(35)49(33-16-5-2-6-17-33)46(41)30-40(39)32-26-27-36-34-18-7-11-23-43(34)50(45(36)28-32)44-24-13-21-38-37-20-9-12-25-47(37)51-48(38)44/h1-30H. The molecule has 51 heavy (non-hydrogen) atoms. The molecule has 8 aromatic carbocycles. The topological polar surface area (TPSA) is 23.0 Å². The summed E-state index contributed by atoms with van der Waals surface area (Å²) in [6.45, 7) is 0. The third-order valence-corrected chi connectivity index (χ3v) is 10.5. The molecule has 0 spiro atoms. The number of aromatic nitrogens is 2. The average Bonchev–Trinajstić information content (AvgIpc) is 3.85. The van der Waals surface area contributed by atoms with Crippen molar-refractivity contribution in [2.75, 3.05) is 0 Å². The summed E-state index contributed by atoms with van der Waals surface area (Å²) >= 11 is 0. The molecule has 0 bridgehead atoms. The minimum absolute atomic E-state index is 0.894. The van der Waals surface area contributed by atoms with Gasteiger partial charge >= 0.3 is 0 Å². The van der Waals surface area contributed by atoms with Gasteiger partial charge in [0.15, 0.2) is 5.58 Å². The Morgan fingerprint density at radius 1 is 0.333 bits per heavy atom. The number of fused-ring (bicyclic) bond motifs is 9. The maximum absolute atomic E-state index is 6.61. The number of benzene rings is 8. The van der Waals surface area contributed by atoms with Crippen LogP contribution >= 0.6 is 0 Å². The van der Waals surface area contributed by atoms with Crippen LogP contribution in [0.15, 0.2) is 186 Å². The van der Waals surface area contributed by atoms with Crippen LogP contribution in [-0.4, -0.2) is 9.13 Å². The maximum atomic E-state index is 6.61. The van der Waals surface area contributed by atoms with E-state index in [1.54, 1.807) is 0 Å². The minimum Gasteiger partial charge on any atom is -0.454 e. The summed E-state index contributed by atoms with van der Waals surface area (Å²) in [6.07, 6.45) is 0. The largest absolute Gasteiger partial charge is 0.454 e. The molecule has 11 aromatic rings. The van der Waals surface area contributed by atoms with Gasteiger partial charge in [-0.1, -0.05) is 127 Å². The first-order valence-corrected chi connectivity index (χ1v) is 17.4. The number of hydrogen-bond acceptors (Lipinski definition) is 1. The van der Waals surface area contributed by atoms with Crippen LogP contribution in [0, 0.1) is 0 Å². The first-order valence-electron chi connectivity index (χ1n) is 17.4. The summed E-state index contributed by atoms with van der Waals surface area (Å²) in [5.74, 6) is 0. The molecule has 11 rings (SSSR count). The summed E-state index contributed by atoms with van der Waals surface area (Å²) in [7, 11) is 0. The molecule has 0 aliphatic carbocycles. The van der Waals surface area contributed by atoms with Crippen LogP contribution in [0.25, 0.3) is 99.2 Å². The minimum atomic E-state index is 0.894. The van der Waals surface area contributed by atoms with Crippen molar-refractivity contribution in [1.82, 2.24) is 9.13 Å². The van der Waals surface area contributed by atoms with Crippen molar-refractivity contribution in [2.24, 2.45) is 0 Å². The van der Waals surface area contributed by atoms with Crippen LogP contribution in [0.4, 0.5) is 0 Å². The highest BCUT2D eigenvalue weighted by atomic mass is 16.3. The molecule has 0 radical (unpaired) electrons. The highest BCUT2D eigenvalue weighted by molar-refractivity contribution is 6.15. The molecule has 0 aliphatic rings. The first-order chi connectivity index (χ1) is 25.3. The zero-order chi connectivity index (χ0) is 33.5. The smallest absolute Gasteiger partial charge is 0.159 e. The molecule has 0 atom stereocenters. The quantitative estimate of drug-likeness (QED) is 0.186. The Bertz CT molecular complexity index is 3130. The fourth-order valence-corrected chi connectivity index (χ4v) is 8.27. The molecule has 0 N–H and O–H groups in total. The van der Waals surface area contributed by atoms with Gasteiger partial charge < -0.3 is 13.6 Å². The van der Waals surface area contributed by atoms with Crippen molar-refractivity contribution < 1.29 is 4.42 Å². The van der Waals surface area contributed by atoms with Crippen LogP contribution in [0.1, 0.15) is 0 Å². The lowest BCUT2D eigenvalue weighted by Crippen LogP contribution is -1.96. The molecule has 238 valence electrons. The fraction of sp³-hybridized carbons (Fsp3) is 0. The van der Waals surface area contributed by atoms with Crippen molar-refractivity contribution in [3.63, 3.8) is 0 Å². The van der Waals surface area contributed by atoms with E-state index in [0.29, 0.717) is 0 Å². The average molecular weight is 651 g/mol. The lowest BCUT2D eigenvalue weighted by atomic mass is 9.92. The molecule has 3 heteroatoms. The van der Waals surface area contributed by atoms with Crippen molar-refractivity contribution in [1.29, 1.82) is 0 Å². The Hall–Kier alpha value is -6.84. The van der Waals surface area contributed by atoms with Gasteiger partial charge in [0.1, 0.15) is 5.58 Å². The Labute approximate surface area is 293 Å². The number of furan rings is 1. The van der Waals surface area contributed by atoms with Crippen molar-refractivity contribution in [3.8, 4) is 33.6 Å². The van der Waals surface area contributed by atoms with Crippen molar-refractivity contribution in [3.05, 3.63) is 182 Å². The first kappa shape index (κ1) is 28.0. The molecular formula is C48H30N2O. The highest BCUT2D eigenvalue weighted by Gasteiger charge is 2.21.